The molecule has 3 unspecified atom stereocenters. The van der Waals surface area contributed by atoms with Gasteiger partial charge in [-0.15, -0.1) is 0 Å². The average molecular weight is 383 g/mol. The van der Waals surface area contributed by atoms with Gasteiger partial charge in [-0.3, -0.25) is 14.4 Å². The van der Waals surface area contributed by atoms with Crippen LogP contribution in [-0.4, -0.2) is 68.9 Å². The van der Waals surface area contributed by atoms with Crippen molar-refractivity contribution in [2.75, 3.05) is 6.61 Å². The molecule has 0 aliphatic rings. The van der Waals surface area contributed by atoms with Crippen molar-refractivity contribution in [1.82, 2.24) is 10.6 Å². The third-order valence-corrected chi connectivity index (χ3v) is 3.54. The highest BCUT2D eigenvalue weighted by molar-refractivity contribution is 5.94. The fourth-order valence-corrected chi connectivity index (χ4v) is 2.09. The van der Waals surface area contributed by atoms with E-state index in [0.717, 1.165) is 0 Å². The Bertz CT molecular complexity index is 691. The van der Waals surface area contributed by atoms with Crippen molar-refractivity contribution in [3.05, 3.63) is 29.8 Å². The molecule has 148 valence electrons. The number of nitrogens with two attached hydrogens (primary N) is 1. The molecule has 0 bridgehead atoms. The molecule has 0 saturated heterocycles. The standard InChI is InChI=1S/C16H21N3O8/c17-10(7-20)14(24)18-11(6-13(22)23)15(25)19-12(16(26)27)5-8-1-3-9(21)4-2-8/h1-4,10-12,20-21H,5-7,17H2,(H,18,24)(H,19,25)(H,22,23)(H,26,27). The number of nitrogens with one attached hydrogen (secondary N) is 2. The molecule has 0 fully saturated rings. The van der Waals surface area contributed by atoms with Gasteiger partial charge in [-0.05, 0) is 17.7 Å². The monoisotopic (exact) mass is 383 g/mol. The van der Waals surface area contributed by atoms with Crippen molar-refractivity contribution >= 4 is 23.8 Å². The maximum absolute atomic E-state index is 12.3. The number of aromatic hydroxyl groups is 1. The lowest BCUT2D eigenvalue weighted by Crippen LogP contribution is -2.56. The molecule has 1 rings (SSSR count). The number of aliphatic hydroxyl groups is 1. The summed E-state index contributed by atoms with van der Waals surface area (Å²) in [6.45, 7) is -0.716. The van der Waals surface area contributed by atoms with Gasteiger partial charge in [0.15, 0.2) is 0 Å². The molecule has 8 N–H and O–H groups in total. The molecular weight excluding hydrogens is 362 g/mol. The van der Waals surface area contributed by atoms with Crippen LogP contribution in [0.1, 0.15) is 12.0 Å². The number of benzene rings is 1. The third kappa shape index (κ3) is 7.30. The van der Waals surface area contributed by atoms with E-state index in [9.17, 15) is 29.4 Å². The highest BCUT2D eigenvalue weighted by Gasteiger charge is 2.29. The van der Waals surface area contributed by atoms with Crippen LogP contribution in [0.5, 0.6) is 5.75 Å². The number of carboxylic acid groups (broad SMARTS) is 2. The number of rotatable bonds is 10. The number of aliphatic carboxylic acids is 2. The van der Waals surface area contributed by atoms with E-state index in [1.165, 1.54) is 24.3 Å². The first kappa shape index (κ1) is 21.9. The Labute approximate surface area is 153 Å². The fraction of sp³-hybridized carbons (Fsp3) is 0.375. The molecule has 11 heteroatoms. The molecule has 27 heavy (non-hydrogen) atoms. The largest absolute Gasteiger partial charge is 0.508 e. The van der Waals surface area contributed by atoms with Crippen LogP contribution in [0, 0.1) is 0 Å². The Balaban J connectivity index is 2.87. The van der Waals surface area contributed by atoms with Gasteiger partial charge in [0.1, 0.15) is 23.9 Å². The quantitative estimate of drug-likeness (QED) is 0.234. The zero-order chi connectivity index (χ0) is 20.6. The van der Waals surface area contributed by atoms with E-state index in [0.29, 0.717) is 5.56 Å². The van der Waals surface area contributed by atoms with Crippen LogP contribution in [0.2, 0.25) is 0 Å². The smallest absolute Gasteiger partial charge is 0.326 e. The molecule has 0 spiro atoms. The summed E-state index contributed by atoms with van der Waals surface area (Å²) in [4.78, 5) is 46.3. The number of phenolic OH excluding ortho intramolecular Hbond substituents is 1. The number of aliphatic hydroxyl groups excluding tert-OH is 1. The number of phenols is 1. The van der Waals surface area contributed by atoms with Gasteiger partial charge in [0.05, 0.1) is 13.0 Å². The number of carbonyl (C=O) groups excluding carboxylic acids is 2. The summed E-state index contributed by atoms with van der Waals surface area (Å²) in [5.74, 6) is -4.77. The van der Waals surface area contributed by atoms with Crippen LogP contribution in [0.25, 0.3) is 0 Å². The van der Waals surface area contributed by atoms with E-state index in [4.69, 9.17) is 15.9 Å². The molecule has 1 aromatic carbocycles. The predicted molar refractivity (Wildman–Crippen MR) is 90.6 cm³/mol. The first-order valence-corrected chi connectivity index (χ1v) is 7.83. The molecule has 0 aliphatic carbocycles. The molecule has 0 aliphatic heterocycles. The number of amides is 2. The Hall–Kier alpha value is -3.18. The Morgan fingerprint density at radius 1 is 0.963 bits per heavy atom. The molecule has 0 radical (unpaired) electrons. The summed E-state index contributed by atoms with van der Waals surface area (Å²) < 4.78 is 0. The van der Waals surface area contributed by atoms with Gasteiger partial charge in [-0.25, -0.2) is 4.79 Å². The maximum Gasteiger partial charge on any atom is 0.326 e. The van der Waals surface area contributed by atoms with E-state index in [1.807, 2.05) is 0 Å². The van der Waals surface area contributed by atoms with Crippen LogP contribution < -0.4 is 16.4 Å². The van der Waals surface area contributed by atoms with Gasteiger partial charge in [-0.2, -0.15) is 0 Å². The Morgan fingerprint density at radius 2 is 1.52 bits per heavy atom. The van der Waals surface area contributed by atoms with Gasteiger partial charge in [-0.1, -0.05) is 12.1 Å². The van der Waals surface area contributed by atoms with Crippen molar-refractivity contribution in [3.8, 4) is 5.75 Å². The predicted octanol–water partition coefficient (Wildman–Crippen LogP) is -2.22. The Morgan fingerprint density at radius 3 is 2.00 bits per heavy atom. The lowest BCUT2D eigenvalue weighted by atomic mass is 10.0. The Kier molecular flexibility index (Phi) is 8.17. The van der Waals surface area contributed by atoms with Crippen molar-refractivity contribution in [1.29, 1.82) is 0 Å². The summed E-state index contributed by atoms with van der Waals surface area (Å²) in [6, 6.07) is 1.29. The molecule has 0 aromatic heterocycles. The SMILES string of the molecule is NC(CO)C(=O)NC(CC(=O)O)C(=O)NC(Cc1ccc(O)cc1)C(=O)O. The maximum atomic E-state index is 12.3. The highest BCUT2D eigenvalue weighted by atomic mass is 16.4. The van der Waals surface area contributed by atoms with Gasteiger partial charge >= 0.3 is 11.9 Å². The normalized spacial score (nSPS) is 13.9. The number of carbonyl (C=O) groups is 4. The minimum Gasteiger partial charge on any atom is -0.508 e. The third-order valence-electron chi connectivity index (χ3n) is 3.54. The minimum atomic E-state index is -1.57. The second kappa shape index (κ2) is 10.1. The van der Waals surface area contributed by atoms with E-state index in [1.54, 1.807) is 0 Å². The van der Waals surface area contributed by atoms with Gasteiger partial charge in [0.25, 0.3) is 0 Å². The summed E-state index contributed by atoms with van der Waals surface area (Å²) in [6.07, 6.45) is -0.938. The van der Waals surface area contributed by atoms with E-state index in [-0.39, 0.29) is 12.2 Å². The summed E-state index contributed by atoms with van der Waals surface area (Å²) >= 11 is 0. The number of carboxylic acids is 2. The second-order valence-corrected chi connectivity index (χ2v) is 5.72. The zero-order valence-electron chi connectivity index (χ0n) is 14.2. The summed E-state index contributed by atoms with van der Waals surface area (Å²) in [5, 5.41) is 40.5. The number of hydrogen-bond donors (Lipinski definition) is 7. The molecule has 0 heterocycles. The second-order valence-electron chi connectivity index (χ2n) is 5.72. The topological polar surface area (TPSA) is 199 Å². The van der Waals surface area contributed by atoms with Crippen LogP contribution in [0.3, 0.4) is 0 Å². The molecule has 1 aromatic rings. The lowest BCUT2D eigenvalue weighted by Gasteiger charge is -2.21. The van der Waals surface area contributed by atoms with Crippen molar-refractivity contribution in [2.45, 2.75) is 31.0 Å². The first-order valence-electron chi connectivity index (χ1n) is 7.83. The van der Waals surface area contributed by atoms with Crippen LogP contribution in [0.15, 0.2) is 24.3 Å². The van der Waals surface area contributed by atoms with Crippen LogP contribution in [0.4, 0.5) is 0 Å². The van der Waals surface area contributed by atoms with E-state index in [2.05, 4.69) is 10.6 Å². The highest BCUT2D eigenvalue weighted by Crippen LogP contribution is 2.11. The molecule has 3 atom stereocenters. The average Bonchev–Trinajstić information content (AvgIpc) is 2.60. The lowest BCUT2D eigenvalue weighted by molar-refractivity contribution is -0.143. The van der Waals surface area contributed by atoms with E-state index < -0.39 is 54.9 Å². The summed E-state index contributed by atoms with van der Waals surface area (Å²) in [5.41, 5.74) is 5.81. The van der Waals surface area contributed by atoms with Crippen LogP contribution in [-0.2, 0) is 25.6 Å². The van der Waals surface area contributed by atoms with E-state index >= 15 is 0 Å². The van der Waals surface area contributed by atoms with Crippen molar-refractivity contribution < 1.29 is 39.6 Å². The zero-order valence-corrected chi connectivity index (χ0v) is 14.2. The molecule has 0 saturated carbocycles. The van der Waals surface area contributed by atoms with Gasteiger partial charge < -0.3 is 36.8 Å². The van der Waals surface area contributed by atoms with Crippen LogP contribution >= 0.6 is 0 Å². The fourth-order valence-electron chi connectivity index (χ4n) is 2.09. The van der Waals surface area contributed by atoms with Crippen molar-refractivity contribution in [2.24, 2.45) is 5.73 Å². The van der Waals surface area contributed by atoms with Gasteiger partial charge in [0.2, 0.25) is 11.8 Å². The van der Waals surface area contributed by atoms with Crippen molar-refractivity contribution in [3.63, 3.8) is 0 Å². The minimum absolute atomic E-state index is 0.0147. The molecule has 2 amide bonds. The molecule has 11 nitrogen and oxygen atoms in total. The molecular formula is C16H21N3O8. The number of hydrogen-bond acceptors (Lipinski definition) is 7. The van der Waals surface area contributed by atoms with Gasteiger partial charge in [0, 0.05) is 6.42 Å². The summed E-state index contributed by atoms with van der Waals surface area (Å²) in [7, 11) is 0. The first-order chi connectivity index (χ1) is 12.6.